The van der Waals surface area contributed by atoms with Gasteiger partial charge < -0.3 is 29.7 Å². The predicted molar refractivity (Wildman–Crippen MR) is 91.4 cm³/mol. The summed E-state index contributed by atoms with van der Waals surface area (Å²) in [4.78, 5) is 0. The van der Waals surface area contributed by atoms with E-state index in [-0.39, 0.29) is 23.5 Å². The van der Waals surface area contributed by atoms with Crippen LogP contribution in [-0.2, 0) is 25.2 Å². The SMILES string of the molecule is CC(C)(C)n1cc[n+](C(C)(C)C)c1.Cn1cc[n+](C)c1.F[B-](F)(F)F.[Cl-]. The molecule has 0 aliphatic carbocycles. The zero-order valence-electron chi connectivity index (χ0n) is 16.7. The van der Waals surface area contributed by atoms with Gasteiger partial charge in [-0.05, 0) is 41.5 Å². The van der Waals surface area contributed by atoms with E-state index in [0.717, 1.165) is 0 Å². The lowest BCUT2D eigenvalue weighted by Crippen LogP contribution is -3.00. The summed E-state index contributed by atoms with van der Waals surface area (Å²) in [6, 6.07) is 0. The standard InChI is InChI=1S/C11H21N2.C5H9N2.BF4.ClH/c1-10(2,3)12-7-8-13(9-12)11(4,5)6;1-6-3-4-7(2)5-6;2-1(3,4)5;/h7-9H,1-6H3;3-5H,1-2H3;;1H/q2*+1;-1;/p-1. The molecule has 0 aliphatic heterocycles. The van der Waals surface area contributed by atoms with Crippen molar-refractivity contribution in [3.05, 3.63) is 37.4 Å². The van der Waals surface area contributed by atoms with Crippen LogP contribution in [0.25, 0.3) is 0 Å². The van der Waals surface area contributed by atoms with Crippen molar-refractivity contribution in [2.75, 3.05) is 0 Å². The summed E-state index contributed by atoms with van der Waals surface area (Å²) >= 11 is 0. The van der Waals surface area contributed by atoms with E-state index >= 15 is 0 Å². The molecule has 2 aromatic rings. The van der Waals surface area contributed by atoms with Gasteiger partial charge in [-0.15, -0.1) is 0 Å². The van der Waals surface area contributed by atoms with Gasteiger partial charge in [0.05, 0.1) is 14.1 Å². The highest BCUT2D eigenvalue weighted by Gasteiger charge is 2.24. The molecule has 0 spiro atoms. The fourth-order valence-electron chi connectivity index (χ4n) is 1.72. The van der Waals surface area contributed by atoms with E-state index in [9.17, 15) is 17.3 Å². The monoisotopic (exact) mass is 400 g/mol. The summed E-state index contributed by atoms with van der Waals surface area (Å²) in [6.45, 7) is 13.3. The molecule has 0 saturated carbocycles. The number of rotatable bonds is 0. The van der Waals surface area contributed by atoms with Crippen molar-refractivity contribution in [3.63, 3.8) is 0 Å². The zero-order chi connectivity index (χ0) is 20.1. The van der Waals surface area contributed by atoms with E-state index in [1.807, 2.05) is 42.0 Å². The molecule has 0 radical (unpaired) electrons. The number of hydrogen-bond donors (Lipinski definition) is 0. The van der Waals surface area contributed by atoms with Crippen molar-refractivity contribution >= 4 is 7.25 Å². The first kappa shape index (κ1) is 26.7. The van der Waals surface area contributed by atoms with Gasteiger partial charge in [-0.2, -0.15) is 0 Å². The maximum Gasteiger partial charge on any atom is 0.673 e. The molecule has 152 valence electrons. The number of aryl methyl sites for hydroxylation is 2. The Hall–Kier alpha value is -1.51. The number of nitrogens with zero attached hydrogens (tertiary/aromatic N) is 4. The van der Waals surface area contributed by atoms with Crippen LogP contribution in [0.3, 0.4) is 0 Å². The first-order valence-electron chi connectivity index (χ1n) is 7.95. The molecule has 0 atom stereocenters. The normalized spacial score (nSPS) is 11.5. The van der Waals surface area contributed by atoms with Crippen molar-refractivity contribution in [1.29, 1.82) is 0 Å². The third-order valence-electron chi connectivity index (χ3n) is 3.09. The quantitative estimate of drug-likeness (QED) is 0.347. The average molecular weight is 401 g/mol. The maximum absolute atomic E-state index is 9.75. The highest BCUT2D eigenvalue weighted by Crippen LogP contribution is 2.13. The summed E-state index contributed by atoms with van der Waals surface area (Å²) in [5.74, 6) is 0. The second kappa shape index (κ2) is 9.99. The van der Waals surface area contributed by atoms with Gasteiger partial charge in [0, 0.05) is 0 Å². The van der Waals surface area contributed by atoms with Crippen LogP contribution in [0.2, 0.25) is 0 Å². The molecular weight excluding hydrogens is 370 g/mol. The van der Waals surface area contributed by atoms with Crippen LogP contribution < -0.4 is 21.5 Å². The molecule has 0 fully saturated rings. The fraction of sp³-hybridized carbons (Fsp3) is 0.625. The third kappa shape index (κ3) is 12.8. The fourth-order valence-corrected chi connectivity index (χ4v) is 1.72. The van der Waals surface area contributed by atoms with Crippen LogP contribution in [0.1, 0.15) is 41.5 Å². The summed E-state index contributed by atoms with van der Waals surface area (Å²) in [6.07, 6.45) is 12.4. The number of aromatic nitrogens is 4. The zero-order valence-corrected chi connectivity index (χ0v) is 17.5. The molecule has 0 bridgehead atoms. The molecule has 0 N–H and O–H groups in total. The van der Waals surface area contributed by atoms with E-state index in [4.69, 9.17) is 0 Å². The van der Waals surface area contributed by atoms with Gasteiger partial charge in [-0.25, -0.2) is 18.3 Å². The van der Waals surface area contributed by atoms with Crippen molar-refractivity contribution in [3.8, 4) is 0 Å². The van der Waals surface area contributed by atoms with E-state index in [1.165, 1.54) is 0 Å². The number of imidazole rings is 2. The third-order valence-corrected chi connectivity index (χ3v) is 3.09. The Bertz CT molecular complexity index is 589. The number of hydrogen-bond acceptors (Lipinski definition) is 0. The van der Waals surface area contributed by atoms with Gasteiger partial charge in [0.1, 0.15) is 35.9 Å². The predicted octanol–water partition coefficient (Wildman–Crippen LogP) is 0.439. The second-order valence-electron chi connectivity index (χ2n) is 7.81. The lowest BCUT2D eigenvalue weighted by Gasteiger charge is -2.16. The van der Waals surface area contributed by atoms with E-state index in [0.29, 0.717) is 0 Å². The van der Waals surface area contributed by atoms with Crippen molar-refractivity contribution in [2.24, 2.45) is 14.1 Å². The van der Waals surface area contributed by atoms with Gasteiger partial charge in [0.15, 0.2) is 0 Å². The van der Waals surface area contributed by atoms with Crippen LogP contribution in [0, 0.1) is 0 Å². The van der Waals surface area contributed by atoms with Crippen molar-refractivity contribution < 1.29 is 38.8 Å². The summed E-state index contributed by atoms with van der Waals surface area (Å²) in [5, 5.41) is 0. The first-order valence-corrected chi connectivity index (χ1v) is 7.95. The lowest BCUT2D eigenvalue weighted by atomic mass is 10.1. The molecule has 2 heterocycles. The van der Waals surface area contributed by atoms with E-state index in [2.05, 4.69) is 69.4 Å². The van der Waals surface area contributed by atoms with Crippen LogP contribution >= 0.6 is 0 Å². The Kier molecular flexibility index (Phi) is 10.3. The van der Waals surface area contributed by atoms with Gasteiger partial charge >= 0.3 is 7.25 Å². The van der Waals surface area contributed by atoms with E-state index < -0.39 is 7.25 Å². The van der Waals surface area contributed by atoms with Crippen molar-refractivity contribution in [2.45, 2.75) is 52.6 Å². The van der Waals surface area contributed by atoms with Crippen LogP contribution in [-0.4, -0.2) is 16.4 Å². The van der Waals surface area contributed by atoms with Gasteiger partial charge in [0.2, 0.25) is 12.7 Å². The largest absolute Gasteiger partial charge is 1.00 e. The molecule has 2 rings (SSSR count). The van der Waals surface area contributed by atoms with E-state index in [1.54, 1.807) is 0 Å². The second-order valence-corrected chi connectivity index (χ2v) is 7.81. The Balaban J connectivity index is 0. The van der Waals surface area contributed by atoms with Crippen LogP contribution in [0.15, 0.2) is 37.4 Å². The molecule has 26 heavy (non-hydrogen) atoms. The highest BCUT2D eigenvalue weighted by molar-refractivity contribution is 6.50. The molecule has 0 amide bonds. The molecule has 0 aromatic carbocycles. The molecular formula is C16H30BClF4N4. The first-order chi connectivity index (χ1) is 11.0. The minimum atomic E-state index is -6.00. The topological polar surface area (TPSA) is 17.6 Å². The molecule has 4 nitrogen and oxygen atoms in total. The van der Waals surface area contributed by atoms with Crippen molar-refractivity contribution in [1.82, 2.24) is 9.13 Å². The summed E-state index contributed by atoms with van der Waals surface area (Å²) in [5.41, 5.74) is 0.354. The minimum Gasteiger partial charge on any atom is -1.00 e. The Morgan fingerprint density at radius 3 is 1.46 bits per heavy atom. The number of halogens is 5. The van der Waals surface area contributed by atoms with Gasteiger partial charge in [-0.1, -0.05) is 0 Å². The Morgan fingerprint density at radius 2 is 1.31 bits per heavy atom. The van der Waals surface area contributed by atoms with Crippen LogP contribution in [0.5, 0.6) is 0 Å². The Labute approximate surface area is 160 Å². The van der Waals surface area contributed by atoms with Gasteiger partial charge in [-0.3, -0.25) is 0 Å². The molecule has 0 saturated heterocycles. The Morgan fingerprint density at radius 1 is 0.846 bits per heavy atom. The minimum absolute atomic E-state index is 0. The smallest absolute Gasteiger partial charge is 0.673 e. The molecule has 2 aromatic heterocycles. The maximum atomic E-state index is 9.75. The molecule has 10 heteroatoms. The lowest BCUT2D eigenvalue weighted by molar-refractivity contribution is -0.753. The average Bonchev–Trinajstić information content (AvgIpc) is 2.95. The van der Waals surface area contributed by atoms with Crippen LogP contribution in [0.4, 0.5) is 17.3 Å². The molecule has 0 aliphatic rings. The molecule has 0 unspecified atom stereocenters. The highest BCUT2D eigenvalue weighted by atomic mass is 35.5. The van der Waals surface area contributed by atoms with Gasteiger partial charge in [0.25, 0.3) is 0 Å². The summed E-state index contributed by atoms with van der Waals surface area (Å²) < 4.78 is 47.5. The summed E-state index contributed by atoms with van der Waals surface area (Å²) in [7, 11) is -2.00.